The summed E-state index contributed by atoms with van der Waals surface area (Å²) in [5, 5.41) is 6.42. The molecule has 2 aromatic rings. The highest BCUT2D eigenvalue weighted by atomic mass is 35.5. The van der Waals surface area contributed by atoms with Crippen molar-refractivity contribution in [1.29, 1.82) is 0 Å². The summed E-state index contributed by atoms with van der Waals surface area (Å²) in [6.45, 7) is 0. The Morgan fingerprint density at radius 1 is 1.33 bits per heavy atom. The number of H-pyrrole nitrogens is 1. The largest absolute Gasteiger partial charge is 0.383 e. The van der Waals surface area contributed by atoms with Crippen molar-refractivity contribution in [2.75, 3.05) is 11.1 Å². The molecule has 0 aliphatic rings. The molecule has 0 aliphatic carbocycles. The van der Waals surface area contributed by atoms with Crippen LogP contribution in [0.5, 0.6) is 0 Å². The molecule has 0 unspecified atom stereocenters. The van der Waals surface area contributed by atoms with Gasteiger partial charge in [-0.05, 0) is 30.4 Å². The SMILES string of the molecule is Nc1cc(=O)[nH]n1C(=S)Nc1ccc(Cl)c(Cl)c1. The van der Waals surface area contributed by atoms with E-state index in [9.17, 15) is 4.79 Å². The van der Waals surface area contributed by atoms with Crippen LogP contribution in [-0.2, 0) is 0 Å². The number of thiocarbonyl (C=S) groups is 1. The first-order valence-electron chi connectivity index (χ1n) is 4.81. The summed E-state index contributed by atoms with van der Waals surface area (Å²) in [5.74, 6) is 0.220. The molecule has 1 heterocycles. The minimum absolute atomic E-state index is 0.220. The topological polar surface area (TPSA) is 75.8 Å². The quantitative estimate of drug-likeness (QED) is 0.707. The molecule has 94 valence electrons. The van der Waals surface area contributed by atoms with E-state index in [4.69, 9.17) is 41.2 Å². The van der Waals surface area contributed by atoms with Gasteiger partial charge in [-0.1, -0.05) is 23.2 Å². The maximum Gasteiger partial charge on any atom is 0.266 e. The van der Waals surface area contributed by atoms with Gasteiger partial charge in [0.05, 0.1) is 10.0 Å². The maximum absolute atomic E-state index is 11.1. The first-order valence-corrected chi connectivity index (χ1v) is 5.98. The second kappa shape index (κ2) is 5.01. The zero-order valence-electron chi connectivity index (χ0n) is 8.91. The predicted molar refractivity (Wildman–Crippen MR) is 77.5 cm³/mol. The molecule has 8 heteroatoms. The molecule has 0 saturated heterocycles. The average Bonchev–Trinajstić information content (AvgIpc) is 2.63. The molecule has 0 fully saturated rings. The maximum atomic E-state index is 11.1. The molecule has 1 aromatic heterocycles. The molecule has 0 spiro atoms. The van der Waals surface area contributed by atoms with Crippen molar-refractivity contribution in [2.45, 2.75) is 0 Å². The standard InChI is InChI=1S/C10H8Cl2N4OS/c11-6-2-1-5(3-7(6)12)14-10(18)16-8(13)4-9(17)15-16/h1-4H,13H2,(H,14,18)(H,15,17). The van der Waals surface area contributed by atoms with Gasteiger partial charge < -0.3 is 11.1 Å². The molecule has 0 atom stereocenters. The zero-order chi connectivity index (χ0) is 13.3. The summed E-state index contributed by atoms with van der Waals surface area (Å²) >= 11 is 16.8. The highest BCUT2D eigenvalue weighted by Crippen LogP contribution is 2.25. The van der Waals surface area contributed by atoms with E-state index in [1.54, 1.807) is 18.2 Å². The van der Waals surface area contributed by atoms with E-state index in [0.29, 0.717) is 15.7 Å². The van der Waals surface area contributed by atoms with Crippen LogP contribution in [0.15, 0.2) is 29.1 Å². The highest BCUT2D eigenvalue weighted by Gasteiger charge is 2.07. The van der Waals surface area contributed by atoms with Gasteiger partial charge in [-0.2, -0.15) is 0 Å². The number of hydrogen-bond donors (Lipinski definition) is 3. The van der Waals surface area contributed by atoms with Crippen LogP contribution in [0, 0.1) is 0 Å². The fourth-order valence-electron chi connectivity index (χ4n) is 1.33. The number of rotatable bonds is 1. The summed E-state index contributed by atoms with van der Waals surface area (Å²) in [5.41, 5.74) is 5.92. The summed E-state index contributed by atoms with van der Waals surface area (Å²) < 4.78 is 1.26. The molecule has 0 saturated carbocycles. The van der Waals surface area contributed by atoms with Crippen molar-refractivity contribution in [3.8, 4) is 0 Å². The number of nitrogens with zero attached hydrogens (tertiary/aromatic N) is 1. The van der Waals surface area contributed by atoms with Gasteiger partial charge in [0.2, 0.25) is 0 Å². The highest BCUT2D eigenvalue weighted by molar-refractivity contribution is 7.80. The summed E-state index contributed by atoms with van der Waals surface area (Å²) in [4.78, 5) is 11.1. The van der Waals surface area contributed by atoms with Crippen molar-refractivity contribution in [2.24, 2.45) is 0 Å². The third kappa shape index (κ3) is 2.66. The number of aromatic nitrogens is 2. The van der Waals surface area contributed by atoms with Crippen LogP contribution in [0.25, 0.3) is 0 Å². The molecule has 5 nitrogen and oxygen atoms in total. The Labute approximate surface area is 117 Å². The lowest BCUT2D eigenvalue weighted by Crippen LogP contribution is -2.23. The van der Waals surface area contributed by atoms with Crippen LogP contribution in [0.1, 0.15) is 0 Å². The summed E-state index contributed by atoms with van der Waals surface area (Å²) in [7, 11) is 0. The average molecular weight is 303 g/mol. The molecule has 0 aliphatic heterocycles. The lowest BCUT2D eigenvalue weighted by molar-refractivity contribution is 0.935. The van der Waals surface area contributed by atoms with Crippen LogP contribution >= 0.6 is 35.4 Å². The van der Waals surface area contributed by atoms with Crippen LogP contribution < -0.4 is 16.6 Å². The van der Waals surface area contributed by atoms with Gasteiger partial charge in [0.1, 0.15) is 5.82 Å². The Morgan fingerprint density at radius 3 is 2.61 bits per heavy atom. The second-order valence-electron chi connectivity index (χ2n) is 3.44. The molecule has 0 radical (unpaired) electrons. The summed E-state index contributed by atoms with van der Waals surface area (Å²) in [6.07, 6.45) is 0. The molecule has 2 rings (SSSR count). The predicted octanol–water partition coefficient (Wildman–Crippen LogP) is 2.31. The van der Waals surface area contributed by atoms with Crippen molar-refractivity contribution in [3.63, 3.8) is 0 Å². The first-order chi connectivity index (χ1) is 8.47. The number of nitrogens with two attached hydrogens (primary N) is 1. The lowest BCUT2D eigenvalue weighted by Gasteiger charge is -2.10. The Kier molecular flexibility index (Phi) is 3.60. The number of halogens is 2. The van der Waals surface area contributed by atoms with E-state index >= 15 is 0 Å². The molecule has 1 aromatic carbocycles. The number of nitrogen functional groups attached to an aromatic ring is 1. The van der Waals surface area contributed by atoms with E-state index in [1.807, 2.05) is 0 Å². The van der Waals surface area contributed by atoms with E-state index in [1.165, 1.54) is 10.7 Å². The van der Waals surface area contributed by atoms with Gasteiger partial charge in [0.25, 0.3) is 5.56 Å². The van der Waals surface area contributed by atoms with Crippen molar-refractivity contribution in [3.05, 3.63) is 44.7 Å². The van der Waals surface area contributed by atoms with Gasteiger partial charge in [0.15, 0.2) is 5.11 Å². The Balaban J connectivity index is 2.24. The van der Waals surface area contributed by atoms with E-state index in [-0.39, 0.29) is 16.5 Å². The second-order valence-corrected chi connectivity index (χ2v) is 4.64. The zero-order valence-corrected chi connectivity index (χ0v) is 11.2. The van der Waals surface area contributed by atoms with Crippen molar-refractivity contribution < 1.29 is 0 Å². The number of hydrogen-bond acceptors (Lipinski definition) is 3. The van der Waals surface area contributed by atoms with Gasteiger partial charge in [-0.15, -0.1) is 0 Å². The van der Waals surface area contributed by atoms with Gasteiger partial charge >= 0.3 is 0 Å². The smallest absolute Gasteiger partial charge is 0.266 e. The molecule has 0 amide bonds. The molecule has 18 heavy (non-hydrogen) atoms. The fraction of sp³-hybridized carbons (Fsp3) is 0. The minimum Gasteiger partial charge on any atom is -0.383 e. The first kappa shape index (κ1) is 12.9. The normalized spacial score (nSPS) is 10.3. The lowest BCUT2D eigenvalue weighted by atomic mass is 10.3. The van der Waals surface area contributed by atoms with Crippen LogP contribution in [-0.4, -0.2) is 14.9 Å². The van der Waals surface area contributed by atoms with Crippen molar-refractivity contribution in [1.82, 2.24) is 9.78 Å². The number of benzene rings is 1. The third-order valence-corrected chi connectivity index (χ3v) is 3.16. The number of anilines is 2. The third-order valence-electron chi connectivity index (χ3n) is 2.13. The Hall–Kier alpha value is -1.50. The number of aromatic amines is 1. The summed E-state index contributed by atoms with van der Waals surface area (Å²) in [6, 6.07) is 6.20. The van der Waals surface area contributed by atoms with Gasteiger partial charge in [-0.25, -0.2) is 4.68 Å². The monoisotopic (exact) mass is 302 g/mol. The van der Waals surface area contributed by atoms with Crippen LogP contribution in [0.2, 0.25) is 10.0 Å². The molecular formula is C10H8Cl2N4OS. The van der Waals surface area contributed by atoms with E-state index in [0.717, 1.165) is 0 Å². The molecular weight excluding hydrogens is 295 g/mol. The fourth-order valence-corrected chi connectivity index (χ4v) is 1.89. The molecule has 0 bridgehead atoms. The van der Waals surface area contributed by atoms with Crippen LogP contribution in [0.3, 0.4) is 0 Å². The molecule has 4 N–H and O–H groups in total. The van der Waals surface area contributed by atoms with Crippen molar-refractivity contribution >= 4 is 52.0 Å². The Morgan fingerprint density at radius 2 is 2.06 bits per heavy atom. The van der Waals surface area contributed by atoms with Gasteiger partial charge in [-0.3, -0.25) is 9.89 Å². The van der Waals surface area contributed by atoms with Gasteiger partial charge in [0, 0.05) is 11.8 Å². The Bertz CT molecular complexity index is 664. The van der Waals surface area contributed by atoms with E-state index in [2.05, 4.69) is 10.4 Å². The van der Waals surface area contributed by atoms with E-state index < -0.39 is 0 Å². The number of nitrogens with one attached hydrogen (secondary N) is 2. The van der Waals surface area contributed by atoms with Crippen LogP contribution in [0.4, 0.5) is 11.5 Å². The minimum atomic E-state index is -0.328.